The van der Waals surface area contributed by atoms with E-state index in [1.54, 1.807) is 25.6 Å². The molecule has 0 unspecified atom stereocenters. The van der Waals surface area contributed by atoms with Gasteiger partial charge in [-0.2, -0.15) is 0 Å². The number of piperazine rings is 1. The second-order valence-corrected chi connectivity index (χ2v) is 8.66. The Hall–Kier alpha value is -3.00. The summed E-state index contributed by atoms with van der Waals surface area (Å²) in [7, 11) is 3.25. The summed E-state index contributed by atoms with van der Waals surface area (Å²) in [5.41, 5.74) is 1.48. The molecule has 8 heteroatoms. The molecule has 1 aromatic heterocycles. The normalized spacial score (nSPS) is 14.0. The Kier molecular flexibility index (Phi) is 6.99. The maximum Gasteiger partial charge on any atom is 0.254 e. The van der Waals surface area contributed by atoms with Gasteiger partial charge < -0.3 is 24.0 Å². The third kappa shape index (κ3) is 4.60. The molecule has 7 nitrogen and oxygen atoms in total. The molecular formula is C24H29N3O4S. The number of ether oxygens (including phenoxy) is 3. The van der Waals surface area contributed by atoms with Gasteiger partial charge in [0.25, 0.3) is 5.91 Å². The van der Waals surface area contributed by atoms with E-state index in [2.05, 4.69) is 11.8 Å². The standard InChI is InChI=1S/C24H29N3O4S/c1-4-5-15-31-18-8-6-7-17(16-18)23(28)26-11-13-27(14-12-26)24-25-21-20(32-24)10-9-19(29-2)22(21)30-3/h6-10,16H,4-5,11-15H2,1-3H3. The van der Waals surface area contributed by atoms with E-state index in [0.717, 1.165) is 47.0 Å². The SMILES string of the molecule is CCCCOc1cccc(C(=O)N2CCN(c3nc4c(OC)c(OC)ccc4s3)CC2)c1. The maximum absolute atomic E-state index is 13.0. The van der Waals surface area contributed by atoms with Gasteiger partial charge in [-0.1, -0.05) is 30.7 Å². The highest BCUT2D eigenvalue weighted by Gasteiger charge is 2.25. The van der Waals surface area contributed by atoms with Gasteiger partial charge in [-0.15, -0.1) is 0 Å². The number of amides is 1. The fourth-order valence-corrected chi connectivity index (χ4v) is 4.79. The lowest BCUT2D eigenvalue weighted by molar-refractivity contribution is 0.0746. The largest absolute Gasteiger partial charge is 0.494 e. The Balaban J connectivity index is 1.42. The molecule has 0 radical (unpaired) electrons. The lowest BCUT2D eigenvalue weighted by atomic mass is 10.1. The van der Waals surface area contributed by atoms with Crippen molar-refractivity contribution in [2.24, 2.45) is 0 Å². The Labute approximate surface area is 192 Å². The number of anilines is 1. The van der Waals surface area contributed by atoms with E-state index in [4.69, 9.17) is 19.2 Å². The molecule has 2 heterocycles. The zero-order chi connectivity index (χ0) is 22.5. The van der Waals surface area contributed by atoms with Crippen molar-refractivity contribution in [1.29, 1.82) is 0 Å². The van der Waals surface area contributed by atoms with E-state index in [1.807, 2.05) is 41.3 Å². The number of rotatable bonds is 8. The molecule has 0 spiro atoms. The molecule has 170 valence electrons. The summed E-state index contributed by atoms with van der Waals surface area (Å²) >= 11 is 1.63. The minimum Gasteiger partial charge on any atom is -0.494 e. The van der Waals surface area contributed by atoms with E-state index in [9.17, 15) is 4.79 Å². The number of thiazole rings is 1. The molecule has 1 aliphatic rings. The van der Waals surface area contributed by atoms with Gasteiger partial charge >= 0.3 is 0 Å². The lowest BCUT2D eigenvalue weighted by Gasteiger charge is -2.34. The summed E-state index contributed by atoms with van der Waals surface area (Å²) in [6.07, 6.45) is 2.09. The van der Waals surface area contributed by atoms with Gasteiger partial charge in [0.05, 0.1) is 25.5 Å². The van der Waals surface area contributed by atoms with E-state index in [1.165, 1.54) is 0 Å². The van der Waals surface area contributed by atoms with Crippen molar-refractivity contribution in [2.75, 3.05) is 51.9 Å². The third-order valence-electron chi connectivity index (χ3n) is 5.58. The molecule has 0 aliphatic carbocycles. The molecule has 0 saturated carbocycles. The zero-order valence-electron chi connectivity index (χ0n) is 18.8. The number of fused-ring (bicyclic) bond motifs is 1. The number of carbonyl (C=O) groups is 1. The molecule has 1 fully saturated rings. The molecule has 32 heavy (non-hydrogen) atoms. The Bertz CT molecular complexity index is 1080. The summed E-state index contributed by atoms with van der Waals surface area (Å²) in [5.74, 6) is 2.12. The van der Waals surface area contributed by atoms with Crippen LogP contribution in [0.4, 0.5) is 5.13 Å². The first kappa shape index (κ1) is 22.2. The van der Waals surface area contributed by atoms with Gasteiger partial charge in [-0.3, -0.25) is 4.79 Å². The van der Waals surface area contributed by atoms with Crippen LogP contribution in [0.5, 0.6) is 17.2 Å². The first-order valence-electron chi connectivity index (χ1n) is 10.9. The van der Waals surface area contributed by atoms with Gasteiger partial charge in [-0.05, 0) is 36.8 Å². The highest BCUT2D eigenvalue weighted by molar-refractivity contribution is 7.22. The van der Waals surface area contributed by atoms with Gasteiger partial charge in [0.1, 0.15) is 11.3 Å². The molecule has 1 aliphatic heterocycles. The third-order valence-corrected chi connectivity index (χ3v) is 6.66. The predicted octanol–water partition coefficient (Wildman–Crippen LogP) is 4.45. The van der Waals surface area contributed by atoms with Crippen molar-refractivity contribution in [3.63, 3.8) is 0 Å². The molecule has 0 N–H and O–H groups in total. The van der Waals surface area contributed by atoms with Crippen LogP contribution in [-0.2, 0) is 0 Å². The number of hydrogen-bond acceptors (Lipinski definition) is 7. The molecule has 3 aromatic rings. The van der Waals surface area contributed by atoms with Gasteiger partial charge in [0, 0.05) is 31.7 Å². The van der Waals surface area contributed by atoms with Gasteiger partial charge in [0.15, 0.2) is 16.6 Å². The number of unbranched alkanes of at least 4 members (excludes halogenated alkanes) is 1. The quantitative estimate of drug-likeness (QED) is 0.468. The van der Waals surface area contributed by atoms with Crippen LogP contribution in [0.25, 0.3) is 10.2 Å². The number of benzene rings is 2. The van der Waals surface area contributed by atoms with Crippen molar-refractivity contribution in [3.8, 4) is 17.2 Å². The second-order valence-electron chi connectivity index (χ2n) is 7.65. The van der Waals surface area contributed by atoms with Crippen LogP contribution in [-0.4, -0.2) is 62.8 Å². The summed E-state index contributed by atoms with van der Waals surface area (Å²) in [6.45, 7) is 5.57. The lowest BCUT2D eigenvalue weighted by Crippen LogP contribution is -2.48. The van der Waals surface area contributed by atoms with Crippen LogP contribution >= 0.6 is 11.3 Å². The molecule has 1 amide bonds. The van der Waals surface area contributed by atoms with E-state index in [0.29, 0.717) is 36.8 Å². The van der Waals surface area contributed by atoms with Crippen molar-refractivity contribution in [3.05, 3.63) is 42.0 Å². The fraction of sp³-hybridized carbons (Fsp3) is 0.417. The van der Waals surface area contributed by atoms with Crippen molar-refractivity contribution in [2.45, 2.75) is 19.8 Å². The van der Waals surface area contributed by atoms with Crippen LogP contribution < -0.4 is 19.1 Å². The number of carbonyl (C=O) groups excluding carboxylic acids is 1. The van der Waals surface area contributed by atoms with E-state index >= 15 is 0 Å². The smallest absolute Gasteiger partial charge is 0.254 e. The molecular weight excluding hydrogens is 426 g/mol. The first-order valence-corrected chi connectivity index (χ1v) is 11.7. The number of aromatic nitrogens is 1. The fourth-order valence-electron chi connectivity index (χ4n) is 3.77. The Morgan fingerprint density at radius 2 is 1.91 bits per heavy atom. The average molecular weight is 456 g/mol. The number of hydrogen-bond donors (Lipinski definition) is 0. The van der Waals surface area contributed by atoms with Gasteiger partial charge in [0.2, 0.25) is 0 Å². The van der Waals surface area contributed by atoms with Crippen LogP contribution in [0, 0.1) is 0 Å². The Morgan fingerprint density at radius 3 is 2.62 bits per heavy atom. The predicted molar refractivity (Wildman–Crippen MR) is 128 cm³/mol. The zero-order valence-corrected chi connectivity index (χ0v) is 19.6. The molecule has 0 atom stereocenters. The van der Waals surface area contributed by atoms with E-state index in [-0.39, 0.29) is 5.91 Å². The average Bonchev–Trinajstić information content (AvgIpc) is 3.28. The summed E-state index contributed by atoms with van der Waals surface area (Å²) in [4.78, 5) is 22.0. The second kappa shape index (κ2) is 10.1. The molecule has 4 rings (SSSR count). The van der Waals surface area contributed by atoms with Crippen molar-refractivity contribution >= 4 is 32.6 Å². The highest BCUT2D eigenvalue weighted by atomic mass is 32.1. The van der Waals surface area contributed by atoms with Crippen LogP contribution in [0.3, 0.4) is 0 Å². The maximum atomic E-state index is 13.0. The molecule has 1 saturated heterocycles. The summed E-state index contributed by atoms with van der Waals surface area (Å²) in [6, 6.07) is 11.4. The minimum absolute atomic E-state index is 0.0429. The Morgan fingerprint density at radius 1 is 1.09 bits per heavy atom. The van der Waals surface area contributed by atoms with Crippen LogP contribution in [0.1, 0.15) is 30.1 Å². The van der Waals surface area contributed by atoms with Crippen molar-refractivity contribution < 1.29 is 19.0 Å². The van der Waals surface area contributed by atoms with Crippen molar-refractivity contribution in [1.82, 2.24) is 9.88 Å². The summed E-state index contributed by atoms with van der Waals surface area (Å²) in [5, 5.41) is 0.935. The summed E-state index contributed by atoms with van der Waals surface area (Å²) < 4.78 is 17.7. The van der Waals surface area contributed by atoms with Crippen LogP contribution in [0.2, 0.25) is 0 Å². The van der Waals surface area contributed by atoms with E-state index < -0.39 is 0 Å². The first-order chi connectivity index (χ1) is 15.6. The van der Waals surface area contributed by atoms with Gasteiger partial charge in [-0.25, -0.2) is 4.98 Å². The molecule has 2 aromatic carbocycles. The number of methoxy groups -OCH3 is 2. The number of nitrogens with zero attached hydrogens (tertiary/aromatic N) is 3. The monoisotopic (exact) mass is 455 g/mol. The minimum atomic E-state index is 0.0429. The van der Waals surface area contributed by atoms with Crippen LogP contribution in [0.15, 0.2) is 36.4 Å². The topological polar surface area (TPSA) is 64.1 Å². The highest BCUT2D eigenvalue weighted by Crippen LogP contribution is 2.40. The molecule has 0 bridgehead atoms.